The zero-order valence-corrected chi connectivity index (χ0v) is 11.4. The molecule has 2 aromatic heterocycles. The van der Waals surface area contributed by atoms with Crippen molar-refractivity contribution >= 4 is 11.3 Å². The van der Waals surface area contributed by atoms with Gasteiger partial charge in [-0.3, -0.25) is 0 Å². The smallest absolute Gasteiger partial charge is 0.133 e. The molecule has 0 amide bonds. The van der Waals surface area contributed by atoms with Crippen LogP contribution in [0.15, 0.2) is 21.9 Å². The first-order chi connectivity index (χ1) is 8.63. The summed E-state index contributed by atoms with van der Waals surface area (Å²) in [4.78, 5) is 4.36. The Morgan fingerprint density at radius 2 is 2.33 bits per heavy atom. The maximum absolute atomic E-state index is 10.1. The molecule has 1 N–H and O–H groups in total. The number of aryl methyl sites for hydroxylation is 1. The largest absolute Gasteiger partial charge is 0.463 e. The summed E-state index contributed by atoms with van der Waals surface area (Å²) in [7, 11) is 0. The molecule has 0 saturated heterocycles. The van der Waals surface area contributed by atoms with E-state index in [1.54, 1.807) is 11.3 Å². The highest BCUT2D eigenvalue weighted by Gasteiger charge is 2.36. The van der Waals surface area contributed by atoms with Crippen LogP contribution in [0.25, 0.3) is 0 Å². The second-order valence-electron chi connectivity index (χ2n) is 5.14. The van der Waals surface area contributed by atoms with Crippen molar-refractivity contribution in [2.75, 3.05) is 0 Å². The van der Waals surface area contributed by atoms with Gasteiger partial charge in [-0.25, -0.2) is 4.98 Å². The van der Waals surface area contributed by atoms with E-state index in [1.165, 1.54) is 6.42 Å². The fraction of sp³-hybridized carbons (Fsp3) is 0.500. The minimum Gasteiger partial charge on any atom is -0.463 e. The number of aliphatic hydroxyl groups excluding tert-OH is 1. The van der Waals surface area contributed by atoms with Crippen LogP contribution < -0.4 is 0 Å². The van der Waals surface area contributed by atoms with E-state index >= 15 is 0 Å². The molecule has 3 nitrogen and oxygen atoms in total. The van der Waals surface area contributed by atoms with E-state index in [1.807, 2.05) is 24.4 Å². The predicted molar refractivity (Wildman–Crippen MR) is 70.7 cm³/mol. The molecule has 96 valence electrons. The molecular weight excluding hydrogens is 246 g/mol. The standard InChI is InChI=1S/C14H17NO2S/c1-8-5-11(8)13-3-4-14(17-13)12(16)6-10-7-18-9(2)15-10/h3-4,7-8,11-12,16H,5-6H2,1-2H3. The average Bonchev–Trinajstić information content (AvgIpc) is 2.79. The van der Waals surface area contributed by atoms with Crippen LogP contribution in [-0.2, 0) is 6.42 Å². The maximum Gasteiger partial charge on any atom is 0.133 e. The Kier molecular flexibility index (Phi) is 2.99. The van der Waals surface area contributed by atoms with Crippen molar-refractivity contribution in [2.45, 2.75) is 38.7 Å². The van der Waals surface area contributed by atoms with Crippen LogP contribution in [-0.4, -0.2) is 10.1 Å². The summed E-state index contributed by atoms with van der Waals surface area (Å²) in [6.45, 7) is 4.20. The first kappa shape index (κ1) is 11.9. The van der Waals surface area contributed by atoms with Crippen LogP contribution in [0.5, 0.6) is 0 Å². The number of hydrogen-bond donors (Lipinski definition) is 1. The number of rotatable bonds is 4. The molecule has 1 fully saturated rings. The van der Waals surface area contributed by atoms with E-state index in [0.29, 0.717) is 18.1 Å². The van der Waals surface area contributed by atoms with E-state index in [9.17, 15) is 5.11 Å². The topological polar surface area (TPSA) is 46.3 Å². The quantitative estimate of drug-likeness (QED) is 0.919. The Balaban J connectivity index is 1.68. The first-order valence-corrected chi connectivity index (χ1v) is 7.20. The number of furan rings is 1. The van der Waals surface area contributed by atoms with Crippen LogP contribution in [0.1, 0.15) is 47.6 Å². The van der Waals surface area contributed by atoms with Gasteiger partial charge in [0.15, 0.2) is 0 Å². The van der Waals surface area contributed by atoms with Crippen molar-refractivity contribution < 1.29 is 9.52 Å². The molecule has 0 aliphatic heterocycles. The summed E-state index contributed by atoms with van der Waals surface area (Å²) >= 11 is 1.61. The number of aromatic nitrogens is 1. The van der Waals surface area contributed by atoms with Gasteiger partial charge in [0.1, 0.15) is 17.6 Å². The van der Waals surface area contributed by atoms with Gasteiger partial charge in [-0.15, -0.1) is 11.3 Å². The number of aliphatic hydroxyl groups is 1. The van der Waals surface area contributed by atoms with E-state index in [4.69, 9.17) is 4.42 Å². The van der Waals surface area contributed by atoms with Crippen molar-refractivity contribution in [1.29, 1.82) is 0 Å². The molecule has 1 aliphatic carbocycles. The number of hydrogen-bond acceptors (Lipinski definition) is 4. The van der Waals surface area contributed by atoms with Gasteiger partial charge in [-0.1, -0.05) is 6.92 Å². The molecule has 1 saturated carbocycles. The molecule has 1 aliphatic rings. The van der Waals surface area contributed by atoms with E-state index in [0.717, 1.165) is 22.4 Å². The highest BCUT2D eigenvalue weighted by molar-refractivity contribution is 7.09. The lowest BCUT2D eigenvalue weighted by atomic mass is 10.2. The molecule has 3 unspecified atom stereocenters. The fourth-order valence-electron chi connectivity index (χ4n) is 2.27. The Morgan fingerprint density at radius 1 is 1.56 bits per heavy atom. The minimum atomic E-state index is -0.589. The molecule has 18 heavy (non-hydrogen) atoms. The summed E-state index contributed by atoms with van der Waals surface area (Å²) in [6, 6.07) is 3.89. The van der Waals surface area contributed by atoms with Gasteiger partial charge in [0.2, 0.25) is 0 Å². The molecule has 0 bridgehead atoms. The van der Waals surface area contributed by atoms with Crippen LogP contribution in [0, 0.1) is 12.8 Å². The van der Waals surface area contributed by atoms with Gasteiger partial charge < -0.3 is 9.52 Å². The Morgan fingerprint density at radius 3 is 2.94 bits per heavy atom. The summed E-state index contributed by atoms with van der Waals surface area (Å²) in [5, 5.41) is 13.2. The van der Waals surface area contributed by atoms with Gasteiger partial charge in [0.25, 0.3) is 0 Å². The van der Waals surface area contributed by atoms with Crippen molar-refractivity contribution in [3.8, 4) is 0 Å². The molecule has 3 atom stereocenters. The molecule has 0 aromatic carbocycles. The van der Waals surface area contributed by atoms with Gasteiger partial charge in [-0.05, 0) is 31.4 Å². The third-order valence-electron chi connectivity index (χ3n) is 3.52. The first-order valence-electron chi connectivity index (χ1n) is 6.32. The molecule has 2 heterocycles. The van der Waals surface area contributed by atoms with Gasteiger partial charge in [-0.2, -0.15) is 0 Å². The summed E-state index contributed by atoms with van der Waals surface area (Å²) in [6.07, 6.45) is 1.14. The summed E-state index contributed by atoms with van der Waals surface area (Å²) in [5.74, 6) is 2.97. The van der Waals surface area contributed by atoms with Crippen molar-refractivity contribution in [1.82, 2.24) is 4.98 Å². The lowest BCUT2D eigenvalue weighted by Crippen LogP contribution is -2.00. The van der Waals surface area contributed by atoms with E-state index in [2.05, 4.69) is 11.9 Å². The highest BCUT2D eigenvalue weighted by Crippen LogP contribution is 2.47. The van der Waals surface area contributed by atoms with Gasteiger partial charge in [0.05, 0.1) is 10.7 Å². The van der Waals surface area contributed by atoms with Crippen molar-refractivity contribution in [3.05, 3.63) is 39.7 Å². The fourth-order valence-corrected chi connectivity index (χ4v) is 2.89. The Labute approximate surface area is 110 Å². The molecular formula is C14H17NO2S. The van der Waals surface area contributed by atoms with E-state index in [-0.39, 0.29) is 0 Å². The lowest BCUT2D eigenvalue weighted by Gasteiger charge is -2.05. The number of thiazole rings is 1. The lowest BCUT2D eigenvalue weighted by molar-refractivity contribution is 0.147. The molecule has 3 rings (SSSR count). The van der Waals surface area contributed by atoms with Gasteiger partial charge >= 0.3 is 0 Å². The second kappa shape index (κ2) is 4.52. The zero-order chi connectivity index (χ0) is 12.7. The maximum atomic E-state index is 10.1. The minimum absolute atomic E-state index is 0.525. The SMILES string of the molecule is Cc1nc(CC(O)c2ccc(C3CC3C)o2)cs1. The van der Waals surface area contributed by atoms with Crippen LogP contribution >= 0.6 is 11.3 Å². The van der Waals surface area contributed by atoms with Crippen molar-refractivity contribution in [2.24, 2.45) is 5.92 Å². The van der Waals surface area contributed by atoms with Crippen LogP contribution in [0.3, 0.4) is 0 Å². The summed E-state index contributed by atoms with van der Waals surface area (Å²) in [5.41, 5.74) is 0.933. The molecule has 0 radical (unpaired) electrons. The molecule has 0 spiro atoms. The Hall–Kier alpha value is -1.13. The third-order valence-corrected chi connectivity index (χ3v) is 4.34. The monoisotopic (exact) mass is 263 g/mol. The Bertz CT molecular complexity index is 545. The normalized spacial score (nSPS) is 24.2. The third kappa shape index (κ3) is 2.35. The average molecular weight is 263 g/mol. The van der Waals surface area contributed by atoms with E-state index < -0.39 is 6.10 Å². The highest BCUT2D eigenvalue weighted by atomic mass is 32.1. The second-order valence-corrected chi connectivity index (χ2v) is 6.20. The van der Waals surface area contributed by atoms with Crippen molar-refractivity contribution in [3.63, 3.8) is 0 Å². The summed E-state index contributed by atoms with van der Waals surface area (Å²) < 4.78 is 5.74. The molecule has 4 heteroatoms. The predicted octanol–water partition coefficient (Wildman–Crippen LogP) is 3.44. The number of nitrogens with zero attached hydrogens (tertiary/aromatic N) is 1. The van der Waals surface area contributed by atoms with Gasteiger partial charge in [0, 0.05) is 17.7 Å². The van der Waals surface area contributed by atoms with Crippen LogP contribution in [0.2, 0.25) is 0 Å². The van der Waals surface area contributed by atoms with Crippen LogP contribution in [0.4, 0.5) is 0 Å². The molecule has 2 aromatic rings. The zero-order valence-electron chi connectivity index (χ0n) is 10.6.